The van der Waals surface area contributed by atoms with Crippen LogP contribution < -0.4 is 20.8 Å². The first-order valence-corrected chi connectivity index (χ1v) is 11.3. The molecule has 0 spiro atoms. The van der Waals surface area contributed by atoms with E-state index in [1.54, 1.807) is 36.7 Å². The molecule has 1 aliphatic heterocycles. The maximum atomic E-state index is 12.6. The van der Waals surface area contributed by atoms with Gasteiger partial charge in [0.15, 0.2) is 0 Å². The van der Waals surface area contributed by atoms with Crippen LogP contribution in [0.5, 0.6) is 5.75 Å². The fourth-order valence-electron chi connectivity index (χ4n) is 3.68. The van der Waals surface area contributed by atoms with E-state index in [-0.39, 0.29) is 5.91 Å². The molecule has 0 fully saturated rings. The number of ether oxygens (including phenoxy) is 1. The van der Waals surface area contributed by atoms with Gasteiger partial charge in [0.25, 0.3) is 5.91 Å². The number of carbonyl (C=O) groups is 1. The number of pyridine rings is 1. The Bertz CT molecular complexity index is 1410. The van der Waals surface area contributed by atoms with Gasteiger partial charge in [-0.3, -0.25) is 14.5 Å². The molecule has 0 atom stereocenters. The lowest BCUT2D eigenvalue weighted by Gasteiger charge is -2.23. The van der Waals surface area contributed by atoms with Crippen LogP contribution in [0, 0.1) is 18.3 Å². The second-order valence-electron chi connectivity index (χ2n) is 7.96. The van der Waals surface area contributed by atoms with E-state index < -0.39 is 0 Å². The lowest BCUT2D eigenvalue weighted by atomic mass is 10.1. The van der Waals surface area contributed by atoms with Gasteiger partial charge < -0.3 is 20.8 Å². The molecular formula is C28H26N6O2. The number of hydrogen-bond acceptors (Lipinski definition) is 6. The zero-order chi connectivity index (χ0) is 25.5. The third-order valence-corrected chi connectivity index (χ3v) is 5.46. The van der Waals surface area contributed by atoms with E-state index in [9.17, 15) is 10.1 Å². The highest BCUT2D eigenvalue weighted by molar-refractivity contribution is 6.03. The lowest BCUT2D eigenvalue weighted by Crippen LogP contribution is -2.26. The molecule has 0 saturated carbocycles. The molecule has 0 aliphatic carbocycles. The molecular weight excluding hydrogens is 452 g/mol. The third kappa shape index (κ3) is 5.37. The lowest BCUT2D eigenvalue weighted by molar-refractivity contribution is 0.102. The Morgan fingerprint density at radius 2 is 2.06 bits per heavy atom. The summed E-state index contributed by atoms with van der Waals surface area (Å²) in [4.78, 5) is 16.7. The highest BCUT2D eigenvalue weighted by atomic mass is 16.5. The Morgan fingerprint density at radius 1 is 1.25 bits per heavy atom. The zero-order valence-electron chi connectivity index (χ0n) is 20.1. The predicted octanol–water partition coefficient (Wildman–Crippen LogP) is 5.37. The van der Waals surface area contributed by atoms with Gasteiger partial charge in [-0.1, -0.05) is 30.9 Å². The summed E-state index contributed by atoms with van der Waals surface area (Å²) in [6.07, 6.45) is 10.8. The SMILES string of the molecule is C=C(/C=C\C=C/C)Oc1ccc(NC2=C(C#N)CNn3cc(NC(=O)c4ccccn4)c(C)c32)cc1. The number of aromatic nitrogens is 2. The molecule has 0 unspecified atom stereocenters. The molecule has 1 aromatic carbocycles. The average Bonchev–Trinajstić information content (AvgIpc) is 3.21. The molecule has 0 radical (unpaired) electrons. The minimum atomic E-state index is -0.307. The Morgan fingerprint density at radius 3 is 2.75 bits per heavy atom. The van der Waals surface area contributed by atoms with Crippen LogP contribution >= 0.6 is 0 Å². The van der Waals surface area contributed by atoms with Crippen LogP contribution in [-0.4, -0.2) is 22.1 Å². The van der Waals surface area contributed by atoms with E-state index in [0.717, 1.165) is 16.9 Å². The zero-order valence-corrected chi connectivity index (χ0v) is 20.1. The summed E-state index contributed by atoms with van der Waals surface area (Å²) in [6, 6.07) is 14.8. The number of carbonyl (C=O) groups excluding carboxylic acids is 1. The first-order chi connectivity index (χ1) is 17.5. The summed E-state index contributed by atoms with van der Waals surface area (Å²) in [5.74, 6) is 0.864. The van der Waals surface area contributed by atoms with Gasteiger partial charge >= 0.3 is 0 Å². The van der Waals surface area contributed by atoms with Crippen LogP contribution in [0.4, 0.5) is 11.4 Å². The van der Waals surface area contributed by atoms with Crippen molar-refractivity contribution < 1.29 is 9.53 Å². The van der Waals surface area contributed by atoms with Crippen molar-refractivity contribution in [2.75, 3.05) is 22.6 Å². The Kier molecular flexibility index (Phi) is 7.32. The molecule has 3 N–H and O–H groups in total. The molecule has 1 aliphatic rings. The molecule has 1 amide bonds. The highest BCUT2D eigenvalue weighted by Crippen LogP contribution is 2.33. The Balaban J connectivity index is 1.55. The standard InChI is InChI=1S/C28H26N6O2/c1-4-5-6-9-19(2)36-23-13-11-22(12-14-23)32-26-21(16-29)17-31-34-18-25(20(3)27(26)34)33-28(35)24-10-7-8-15-30-24/h4-15,18,31-32H,2,17H2,1,3H3,(H,33,35)/b5-4-,9-6-. The van der Waals surface area contributed by atoms with Crippen LogP contribution in [0.15, 0.2) is 97.1 Å². The fraction of sp³-hybridized carbons (Fsp3) is 0.107. The second-order valence-corrected chi connectivity index (χ2v) is 7.96. The van der Waals surface area contributed by atoms with E-state index in [1.165, 1.54) is 0 Å². The van der Waals surface area contributed by atoms with Gasteiger partial charge in [-0.25, -0.2) is 0 Å². The van der Waals surface area contributed by atoms with Crippen LogP contribution in [0.25, 0.3) is 5.70 Å². The topological polar surface area (TPSA) is 104 Å². The average molecular weight is 479 g/mol. The predicted molar refractivity (Wildman–Crippen MR) is 142 cm³/mol. The molecule has 8 nitrogen and oxygen atoms in total. The van der Waals surface area contributed by atoms with Crippen molar-refractivity contribution >= 4 is 23.0 Å². The first-order valence-electron chi connectivity index (χ1n) is 11.3. The van der Waals surface area contributed by atoms with Gasteiger partial charge in [0, 0.05) is 17.4 Å². The van der Waals surface area contributed by atoms with E-state index in [0.29, 0.717) is 40.7 Å². The van der Waals surface area contributed by atoms with E-state index in [1.807, 2.05) is 61.0 Å². The molecule has 4 rings (SSSR count). The number of amides is 1. The van der Waals surface area contributed by atoms with Crippen LogP contribution in [0.2, 0.25) is 0 Å². The van der Waals surface area contributed by atoms with Crippen LogP contribution in [-0.2, 0) is 0 Å². The number of nitriles is 1. The summed E-state index contributed by atoms with van der Waals surface area (Å²) in [5, 5.41) is 16.1. The molecule has 3 aromatic rings. The monoisotopic (exact) mass is 478 g/mol. The number of anilines is 2. The summed E-state index contributed by atoms with van der Waals surface area (Å²) in [7, 11) is 0. The molecule has 2 aromatic heterocycles. The number of nitrogens with one attached hydrogen (secondary N) is 3. The Hall–Kier alpha value is -5.03. The summed E-state index contributed by atoms with van der Waals surface area (Å²) < 4.78 is 7.54. The highest BCUT2D eigenvalue weighted by Gasteiger charge is 2.25. The second kappa shape index (κ2) is 10.9. The van der Waals surface area contributed by atoms with Gasteiger partial charge in [0.1, 0.15) is 17.2 Å². The van der Waals surface area contributed by atoms with Gasteiger partial charge in [-0.05, 0) is 56.3 Å². The number of allylic oxidation sites excluding steroid dienone is 4. The smallest absolute Gasteiger partial charge is 0.274 e. The first kappa shape index (κ1) is 24.1. The molecule has 3 heterocycles. The number of benzene rings is 1. The van der Waals surface area contributed by atoms with Crippen molar-refractivity contribution in [3.05, 3.63) is 114 Å². The largest absolute Gasteiger partial charge is 0.458 e. The van der Waals surface area contributed by atoms with Crippen LogP contribution in [0.3, 0.4) is 0 Å². The van der Waals surface area contributed by atoms with Crippen molar-refractivity contribution in [2.24, 2.45) is 0 Å². The third-order valence-electron chi connectivity index (χ3n) is 5.46. The van der Waals surface area contributed by atoms with Gasteiger partial charge in [0.2, 0.25) is 0 Å². The van der Waals surface area contributed by atoms with E-state index in [2.05, 4.69) is 33.7 Å². The molecule has 180 valence electrons. The normalized spacial score (nSPS) is 12.7. The van der Waals surface area contributed by atoms with E-state index >= 15 is 0 Å². The van der Waals surface area contributed by atoms with Gasteiger partial charge in [-0.2, -0.15) is 5.26 Å². The summed E-state index contributed by atoms with van der Waals surface area (Å²) in [5.41, 5.74) is 7.71. The molecule has 36 heavy (non-hydrogen) atoms. The van der Waals surface area contributed by atoms with Crippen molar-refractivity contribution in [1.82, 2.24) is 9.66 Å². The number of hydrogen-bond donors (Lipinski definition) is 3. The van der Waals surface area contributed by atoms with Crippen molar-refractivity contribution in [3.63, 3.8) is 0 Å². The Labute approximate surface area is 209 Å². The molecule has 0 bridgehead atoms. The summed E-state index contributed by atoms with van der Waals surface area (Å²) >= 11 is 0. The van der Waals surface area contributed by atoms with Crippen molar-refractivity contribution in [1.29, 1.82) is 5.26 Å². The number of nitrogens with zero attached hydrogens (tertiary/aromatic N) is 3. The van der Waals surface area contributed by atoms with Gasteiger partial charge in [0.05, 0.1) is 41.5 Å². The maximum absolute atomic E-state index is 12.6. The van der Waals surface area contributed by atoms with Crippen LogP contribution in [0.1, 0.15) is 28.7 Å². The minimum absolute atomic E-state index is 0.307. The maximum Gasteiger partial charge on any atom is 0.274 e. The summed E-state index contributed by atoms with van der Waals surface area (Å²) in [6.45, 7) is 8.06. The van der Waals surface area contributed by atoms with Crippen molar-refractivity contribution in [3.8, 4) is 11.8 Å². The van der Waals surface area contributed by atoms with Crippen molar-refractivity contribution in [2.45, 2.75) is 13.8 Å². The van der Waals surface area contributed by atoms with Gasteiger partial charge in [-0.15, -0.1) is 0 Å². The quantitative estimate of drug-likeness (QED) is 0.297. The fourth-order valence-corrected chi connectivity index (χ4v) is 3.68. The molecule has 8 heteroatoms. The number of fused-ring (bicyclic) bond motifs is 1. The minimum Gasteiger partial charge on any atom is -0.458 e. The number of rotatable bonds is 8. The van der Waals surface area contributed by atoms with E-state index in [4.69, 9.17) is 4.74 Å². The molecule has 0 saturated heterocycles.